The lowest BCUT2D eigenvalue weighted by Gasteiger charge is -2.30. The monoisotopic (exact) mass is 316 g/mol. The van der Waals surface area contributed by atoms with E-state index in [2.05, 4.69) is 5.32 Å². The summed E-state index contributed by atoms with van der Waals surface area (Å²) in [5.74, 6) is 1.39. The van der Waals surface area contributed by atoms with E-state index in [1.807, 2.05) is 26.8 Å². The molecule has 23 heavy (non-hydrogen) atoms. The van der Waals surface area contributed by atoms with Crippen LogP contribution in [0, 0.1) is 19.7 Å². The number of urea groups is 1. The maximum absolute atomic E-state index is 13.4. The molecule has 4 nitrogen and oxygen atoms in total. The Balaban J connectivity index is 1.68. The molecule has 0 saturated carbocycles. The summed E-state index contributed by atoms with van der Waals surface area (Å²) < 4.78 is 18.9. The van der Waals surface area contributed by atoms with Crippen LogP contribution >= 0.6 is 0 Å². The summed E-state index contributed by atoms with van der Waals surface area (Å²) in [4.78, 5) is 14.2. The molecule has 122 valence electrons. The number of amides is 2. The van der Waals surface area contributed by atoms with E-state index in [4.69, 9.17) is 4.42 Å². The predicted octanol–water partition coefficient (Wildman–Crippen LogP) is 3.86. The highest BCUT2D eigenvalue weighted by molar-refractivity contribution is 5.75. The number of nitrogens with one attached hydrogen (secondary N) is 1. The van der Waals surface area contributed by atoms with Gasteiger partial charge in [-0.15, -0.1) is 0 Å². The van der Waals surface area contributed by atoms with E-state index >= 15 is 0 Å². The first-order chi connectivity index (χ1) is 10.9. The smallest absolute Gasteiger partial charge is 0.318 e. The van der Waals surface area contributed by atoms with E-state index < -0.39 is 0 Å². The lowest BCUT2D eigenvalue weighted by atomic mass is 10.00. The number of aryl methyl sites for hydroxylation is 2. The Labute approximate surface area is 135 Å². The quantitative estimate of drug-likeness (QED) is 0.914. The molecule has 0 spiro atoms. The molecular formula is C18H21FN2O2. The van der Waals surface area contributed by atoms with Crippen molar-refractivity contribution in [1.82, 2.24) is 10.2 Å². The average molecular weight is 316 g/mol. The maximum atomic E-state index is 13.4. The van der Waals surface area contributed by atoms with Gasteiger partial charge >= 0.3 is 6.03 Å². The normalized spacial score (nSPS) is 15.2. The predicted molar refractivity (Wildman–Crippen MR) is 85.6 cm³/mol. The number of rotatable bonds is 2. The molecule has 0 fully saturated rings. The van der Waals surface area contributed by atoms with Gasteiger partial charge in [0.2, 0.25) is 0 Å². The number of hydrogen-bond acceptors (Lipinski definition) is 2. The van der Waals surface area contributed by atoms with Gasteiger partial charge in [0.15, 0.2) is 0 Å². The van der Waals surface area contributed by atoms with Gasteiger partial charge in [0.05, 0.1) is 6.04 Å². The third kappa shape index (κ3) is 3.23. The van der Waals surface area contributed by atoms with Gasteiger partial charge in [-0.3, -0.25) is 0 Å². The Hall–Kier alpha value is -2.30. The van der Waals surface area contributed by atoms with Crippen molar-refractivity contribution >= 4 is 6.03 Å². The van der Waals surface area contributed by atoms with Gasteiger partial charge in [-0.05, 0) is 56.5 Å². The number of furan rings is 1. The van der Waals surface area contributed by atoms with Crippen LogP contribution in [0.5, 0.6) is 0 Å². The first-order valence-corrected chi connectivity index (χ1v) is 7.83. The molecule has 2 aromatic rings. The zero-order valence-corrected chi connectivity index (χ0v) is 13.6. The van der Waals surface area contributed by atoms with Gasteiger partial charge in [-0.1, -0.05) is 6.07 Å². The fraction of sp³-hybridized carbons (Fsp3) is 0.389. The number of carbonyl (C=O) groups excluding carboxylic acids is 1. The zero-order chi connectivity index (χ0) is 16.6. The van der Waals surface area contributed by atoms with E-state index in [1.54, 1.807) is 11.0 Å². The molecular weight excluding hydrogens is 295 g/mol. The Bertz CT molecular complexity index is 739. The molecule has 2 heterocycles. The van der Waals surface area contributed by atoms with Gasteiger partial charge < -0.3 is 14.6 Å². The van der Waals surface area contributed by atoms with Crippen LogP contribution in [0.1, 0.15) is 41.2 Å². The van der Waals surface area contributed by atoms with Crippen molar-refractivity contribution in [1.29, 1.82) is 0 Å². The third-order valence-corrected chi connectivity index (χ3v) is 4.35. The van der Waals surface area contributed by atoms with Crippen molar-refractivity contribution in [3.8, 4) is 0 Å². The van der Waals surface area contributed by atoms with Crippen LogP contribution in [0.15, 0.2) is 28.7 Å². The highest BCUT2D eigenvalue weighted by Crippen LogP contribution is 2.23. The molecule has 5 heteroatoms. The minimum absolute atomic E-state index is 0.131. The summed E-state index contributed by atoms with van der Waals surface area (Å²) in [6.45, 7) is 6.80. The van der Waals surface area contributed by atoms with Gasteiger partial charge in [-0.2, -0.15) is 0 Å². The first-order valence-electron chi connectivity index (χ1n) is 7.83. The maximum Gasteiger partial charge on any atom is 0.318 e. The van der Waals surface area contributed by atoms with E-state index in [-0.39, 0.29) is 17.9 Å². The molecule has 1 aromatic heterocycles. The summed E-state index contributed by atoms with van der Waals surface area (Å²) >= 11 is 0. The van der Waals surface area contributed by atoms with Crippen LogP contribution in [-0.2, 0) is 13.0 Å². The Morgan fingerprint density at radius 1 is 1.30 bits per heavy atom. The molecule has 0 aliphatic carbocycles. The van der Waals surface area contributed by atoms with Crippen LogP contribution in [0.25, 0.3) is 0 Å². The van der Waals surface area contributed by atoms with Crippen LogP contribution in [0.4, 0.5) is 9.18 Å². The lowest BCUT2D eigenvalue weighted by molar-refractivity contribution is 0.189. The molecule has 0 bridgehead atoms. The minimum atomic E-state index is -0.260. The van der Waals surface area contributed by atoms with Crippen LogP contribution < -0.4 is 5.32 Å². The van der Waals surface area contributed by atoms with Crippen molar-refractivity contribution in [3.05, 3.63) is 58.3 Å². The van der Waals surface area contributed by atoms with Crippen molar-refractivity contribution < 1.29 is 13.6 Å². The highest BCUT2D eigenvalue weighted by atomic mass is 19.1. The van der Waals surface area contributed by atoms with Crippen molar-refractivity contribution in [2.24, 2.45) is 0 Å². The number of halogens is 1. The largest absolute Gasteiger partial charge is 0.466 e. The van der Waals surface area contributed by atoms with Gasteiger partial charge in [0.25, 0.3) is 0 Å². The SMILES string of the molecule is Cc1cc(C(C)NC(=O)N2CCc3ccc(F)cc3C2)c(C)o1. The van der Waals surface area contributed by atoms with E-state index in [0.29, 0.717) is 13.1 Å². The number of carbonyl (C=O) groups is 1. The minimum Gasteiger partial charge on any atom is -0.466 e. The highest BCUT2D eigenvalue weighted by Gasteiger charge is 2.23. The summed E-state index contributed by atoms with van der Waals surface area (Å²) in [6, 6.07) is 6.48. The molecule has 1 N–H and O–H groups in total. The first kappa shape index (κ1) is 15.6. The fourth-order valence-electron chi connectivity index (χ4n) is 3.13. The summed E-state index contributed by atoms with van der Waals surface area (Å²) in [6.07, 6.45) is 0.751. The molecule has 1 aromatic carbocycles. The summed E-state index contributed by atoms with van der Waals surface area (Å²) in [5, 5.41) is 3.00. The Kier molecular flexibility index (Phi) is 4.11. The second-order valence-corrected chi connectivity index (χ2v) is 6.12. The topological polar surface area (TPSA) is 45.5 Å². The van der Waals surface area contributed by atoms with Crippen molar-refractivity contribution in [3.63, 3.8) is 0 Å². The molecule has 0 saturated heterocycles. The second kappa shape index (κ2) is 6.07. The molecule has 1 atom stereocenters. The second-order valence-electron chi connectivity index (χ2n) is 6.12. The lowest BCUT2D eigenvalue weighted by Crippen LogP contribution is -2.43. The Morgan fingerprint density at radius 3 is 2.78 bits per heavy atom. The van der Waals surface area contributed by atoms with Gasteiger partial charge in [0.1, 0.15) is 17.3 Å². The van der Waals surface area contributed by atoms with Crippen molar-refractivity contribution in [2.45, 2.75) is 39.8 Å². The summed E-state index contributed by atoms with van der Waals surface area (Å²) in [5.41, 5.74) is 2.98. The van der Waals surface area contributed by atoms with Crippen LogP contribution in [0.2, 0.25) is 0 Å². The number of hydrogen-bond donors (Lipinski definition) is 1. The van der Waals surface area contributed by atoms with Gasteiger partial charge in [0, 0.05) is 18.7 Å². The summed E-state index contributed by atoms with van der Waals surface area (Å²) in [7, 11) is 0. The average Bonchev–Trinajstić information content (AvgIpc) is 2.85. The molecule has 1 unspecified atom stereocenters. The van der Waals surface area contributed by atoms with E-state index in [0.717, 1.165) is 34.6 Å². The number of fused-ring (bicyclic) bond motifs is 1. The van der Waals surface area contributed by atoms with Crippen molar-refractivity contribution in [2.75, 3.05) is 6.54 Å². The standard InChI is InChI=1S/C18H21FN2O2/c1-11-8-17(13(3)23-11)12(2)20-18(22)21-7-6-14-4-5-16(19)9-15(14)10-21/h4-5,8-9,12H,6-7,10H2,1-3H3,(H,20,22). The molecule has 2 amide bonds. The van der Waals surface area contributed by atoms with E-state index in [1.165, 1.54) is 12.1 Å². The third-order valence-electron chi connectivity index (χ3n) is 4.35. The van der Waals surface area contributed by atoms with Crippen LogP contribution in [-0.4, -0.2) is 17.5 Å². The fourth-order valence-corrected chi connectivity index (χ4v) is 3.13. The molecule has 0 radical (unpaired) electrons. The van der Waals surface area contributed by atoms with Crippen LogP contribution in [0.3, 0.4) is 0 Å². The molecule has 3 rings (SSSR count). The van der Waals surface area contributed by atoms with Gasteiger partial charge in [-0.25, -0.2) is 9.18 Å². The number of benzene rings is 1. The number of nitrogens with zero attached hydrogens (tertiary/aromatic N) is 1. The molecule has 1 aliphatic rings. The van der Waals surface area contributed by atoms with E-state index in [9.17, 15) is 9.18 Å². The Morgan fingerprint density at radius 2 is 2.09 bits per heavy atom. The zero-order valence-electron chi connectivity index (χ0n) is 13.6. The molecule has 1 aliphatic heterocycles.